The molecular formula is C14H13Cl3N4O3. The maximum absolute atomic E-state index is 11.9. The van der Waals surface area contributed by atoms with Crippen LogP contribution in [0.25, 0.3) is 0 Å². The number of aryl methyl sites for hydroxylation is 1. The summed E-state index contributed by atoms with van der Waals surface area (Å²) in [6.45, 7) is 1.97. The van der Waals surface area contributed by atoms with Gasteiger partial charge < -0.3 is 15.4 Å². The molecule has 1 amide bonds. The predicted molar refractivity (Wildman–Crippen MR) is 93.0 cm³/mol. The number of rotatable bonds is 6. The van der Waals surface area contributed by atoms with Gasteiger partial charge in [-0.1, -0.05) is 34.8 Å². The highest BCUT2D eigenvalue weighted by Crippen LogP contribution is 2.27. The van der Waals surface area contributed by atoms with Gasteiger partial charge in [0.15, 0.2) is 5.02 Å². The molecule has 0 unspecified atom stereocenters. The Morgan fingerprint density at radius 1 is 1.38 bits per heavy atom. The summed E-state index contributed by atoms with van der Waals surface area (Å²) >= 11 is 17.6. The van der Waals surface area contributed by atoms with Crippen LogP contribution >= 0.6 is 34.8 Å². The van der Waals surface area contributed by atoms with Gasteiger partial charge in [-0.2, -0.15) is 4.68 Å². The molecule has 0 fully saturated rings. The van der Waals surface area contributed by atoms with Gasteiger partial charge in [-0.15, -0.1) is 0 Å². The summed E-state index contributed by atoms with van der Waals surface area (Å²) in [5.41, 5.74) is 0.963. The van der Waals surface area contributed by atoms with E-state index in [1.54, 1.807) is 19.1 Å². The normalized spacial score (nSPS) is 10.7. The van der Waals surface area contributed by atoms with E-state index in [4.69, 9.17) is 34.8 Å². The minimum absolute atomic E-state index is 0.0115. The molecule has 0 aliphatic rings. The molecule has 0 saturated carbocycles. The van der Waals surface area contributed by atoms with Crippen molar-refractivity contribution >= 4 is 52.2 Å². The fourth-order valence-electron chi connectivity index (χ4n) is 2.04. The van der Waals surface area contributed by atoms with E-state index in [9.17, 15) is 14.9 Å². The van der Waals surface area contributed by atoms with Crippen LogP contribution in [0.3, 0.4) is 0 Å². The number of nitrogens with zero attached hydrogens (tertiary/aromatic N) is 3. The molecule has 0 radical (unpaired) electrons. The largest absolute Gasteiger partial charge is 0.408 e. The highest BCUT2D eigenvalue weighted by Gasteiger charge is 2.23. The lowest BCUT2D eigenvalue weighted by atomic mass is 10.2. The molecule has 1 aromatic carbocycles. The highest BCUT2D eigenvalue weighted by molar-refractivity contribution is 6.36. The Kier molecular flexibility index (Phi) is 6.04. The number of nitrogens with one attached hydrogen (secondary N) is 1. The first-order chi connectivity index (χ1) is 11.3. The number of halogens is 3. The molecule has 7 nitrogen and oxygen atoms in total. The molecule has 1 N–H and O–H groups in total. The Labute approximate surface area is 152 Å². The standard InChI is InChI=1S/C14H13Cl3N4O3/c1-8-13(17)14(21(23)24)19-20(8)6-2-3-12(22)18-11-5-4-9(15)7-10(11)16/h4-5,7H,2-3,6H2,1H3,(H,18,22). The molecular weight excluding hydrogens is 379 g/mol. The van der Waals surface area contributed by atoms with Crippen molar-refractivity contribution in [1.29, 1.82) is 0 Å². The van der Waals surface area contributed by atoms with Crippen molar-refractivity contribution in [2.24, 2.45) is 0 Å². The molecule has 128 valence electrons. The molecule has 0 aliphatic carbocycles. The Bertz CT molecular complexity index is 792. The molecule has 2 rings (SSSR count). The van der Waals surface area contributed by atoms with Crippen LogP contribution in [0.1, 0.15) is 18.5 Å². The summed E-state index contributed by atoms with van der Waals surface area (Å²) < 4.78 is 1.42. The maximum Gasteiger partial charge on any atom is 0.408 e. The van der Waals surface area contributed by atoms with Crippen molar-refractivity contribution in [3.8, 4) is 0 Å². The lowest BCUT2D eigenvalue weighted by Gasteiger charge is -2.07. The lowest BCUT2D eigenvalue weighted by Crippen LogP contribution is -2.13. The summed E-state index contributed by atoms with van der Waals surface area (Å²) in [7, 11) is 0. The summed E-state index contributed by atoms with van der Waals surface area (Å²) in [6, 6.07) is 4.77. The molecule has 24 heavy (non-hydrogen) atoms. The van der Waals surface area contributed by atoms with E-state index in [2.05, 4.69) is 10.4 Å². The maximum atomic E-state index is 11.9. The molecule has 1 heterocycles. The SMILES string of the molecule is Cc1c(Cl)c([N+](=O)[O-])nn1CCCC(=O)Nc1ccc(Cl)cc1Cl. The summed E-state index contributed by atoms with van der Waals surface area (Å²) in [5.74, 6) is -0.615. The van der Waals surface area contributed by atoms with Gasteiger partial charge in [0, 0.05) is 11.4 Å². The molecule has 10 heteroatoms. The average Bonchev–Trinajstić information content (AvgIpc) is 2.79. The van der Waals surface area contributed by atoms with Crippen molar-refractivity contribution in [2.45, 2.75) is 26.3 Å². The Hall–Kier alpha value is -1.83. The van der Waals surface area contributed by atoms with Gasteiger partial charge in [0.1, 0.15) is 0 Å². The van der Waals surface area contributed by atoms with E-state index >= 15 is 0 Å². The van der Waals surface area contributed by atoms with E-state index in [0.29, 0.717) is 34.4 Å². The average molecular weight is 392 g/mol. The van der Waals surface area contributed by atoms with Crippen LogP contribution in [0, 0.1) is 17.0 Å². The molecule has 0 aliphatic heterocycles. The molecule has 1 aromatic heterocycles. The van der Waals surface area contributed by atoms with Crippen LogP contribution in [0.2, 0.25) is 15.1 Å². The number of nitro groups is 1. The van der Waals surface area contributed by atoms with Gasteiger partial charge in [-0.25, -0.2) is 0 Å². The molecule has 2 aromatic rings. The Morgan fingerprint density at radius 2 is 2.08 bits per heavy atom. The topological polar surface area (TPSA) is 90.1 Å². The fraction of sp³-hybridized carbons (Fsp3) is 0.286. The number of carbonyl (C=O) groups excluding carboxylic acids is 1. The van der Waals surface area contributed by atoms with Crippen LogP contribution in [0.4, 0.5) is 11.5 Å². The van der Waals surface area contributed by atoms with E-state index in [1.807, 2.05) is 0 Å². The number of anilines is 1. The number of benzene rings is 1. The summed E-state index contributed by atoms with van der Waals surface area (Å²) in [6.07, 6.45) is 0.636. The number of aromatic nitrogens is 2. The predicted octanol–water partition coefficient (Wildman–Crippen LogP) is 4.48. The first-order valence-corrected chi connectivity index (χ1v) is 8.05. The second-order valence-electron chi connectivity index (χ2n) is 4.98. The molecule has 0 saturated heterocycles. The minimum Gasteiger partial charge on any atom is -0.358 e. The third-order valence-electron chi connectivity index (χ3n) is 3.27. The first kappa shape index (κ1) is 18.5. The van der Waals surface area contributed by atoms with Crippen molar-refractivity contribution in [1.82, 2.24) is 9.78 Å². The van der Waals surface area contributed by atoms with Gasteiger partial charge in [0.25, 0.3) is 0 Å². The Morgan fingerprint density at radius 3 is 2.67 bits per heavy atom. The molecule has 0 bridgehead atoms. The quantitative estimate of drug-likeness (QED) is 0.580. The summed E-state index contributed by atoms with van der Waals surface area (Å²) in [5, 5.41) is 18.1. The van der Waals surface area contributed by atoms with Gasteiger partial charge in [0.05, 0.1) is 28.0 Å². The smallest absolute Gasteiger partial charge is 0.358 e. The molecule has 0 atom stereocenters. The van der Waals surface area contributed by atoms with E-state index in [-0.39, 0.29) is 23.2 Å². The van der Waals surface area contributed by atoms with E-state index < -0.39 is 4.92 Å². The number of hydrogen-bond donors (Lipinski definition) is 1. The number of carbonyl (C=O) groups is 1. The summed E-state index contributed by atoms with van der Waals surface area (Å²) in [4.78, 5) is 22.1. The van der Waals surface area contributed by atoms with Gasteiger partial charge in [0.2, 0.25) is 5.91 Å². The van der Waals surface area contributed by atoms with E-state index in [0.717, 1.165) is 0 Å². The van der Waals surface area contributed by atoms with Crippen LogP contribution < -0.4 is 5.32 Å². The van der Waals surface area contributed by atoms with Gasteiger partial charge in [-0.05, 0) is 36.5 Å². The van der Waals surface area contributed by atoms with Crippen LogP contribution in [0.5, 0.6) is 0 Å². The van der Waals surface area contributed by atoms with Gasteiger partial charge >= 0.3 is 5.82 Å². The first-order valence-electron chi connectivity index (χ1n) is 6.91. The molecule has 0 spiro atoms. The number of hydrogen-bond acceptors (Lipinski definition) is 4. The van der Waals surface area contributed by atoms with Crippen LogP contribution in [-0.4, -0.2) is 20.6 Å². The third kappa shape index (κ3) is 4.37. The van der Waals surface area contributed by atoms with Crippen LogP contribution in [-0.2, 0) is 11.3 Å². The van der Waals surface area contributed by atoms with E-state index in [1.165, 1.54) is 10.7 Å². The van der Waals surface area contributed by atoms with Crippen LogP contribution in [0.15, 0.2) is 18.2 Å². The second-order valence-corrected chi connectivity index (χ2v) is 6.20. The van der Waals surface area contributed by atoms with Gasteiger partial charge in [-0.3, -0.25) is 4.79 Å². The zero-order valence-electron chi connectivity index (χ0n) is 12.6. The zero-order chi connectivity index (χ0) is 17.9. The fourth-order valence-corrected chi connectivity index (χ4v) is 2.70. The minimum atomic E-state index is -0.638. The Balaban J connectivity index is 1.91. The third-order valence-corrected chi connectivity index (χ3v) is 4.26. The van der Waals surface area contributed by atoms with Crippen molar-refractivity contribution < 1.29 is 9.72 Å². The second kappa shape index (κ2) is 7.83. The lowest BCUT2D eigenvalue weighted by molar-refractivity contribution is -0.389. The number of amides is 1. The van der Waals surface area contributed by atoms with Crippen molar-refractivity contribution in [2.75, 3.05) is 5.32 Å². The monoisotopic (exact) mass is 390 g/mol. The zero-order valence-corrected chi connectivity index (χ0v) is 14.8. The van der Waals surface area contributed by atoms with Crippen molar-refractivity contribution in [3.63, 3.8) is 0 Å². The van der Waals surface area contributed by atoms with Crippen molar-refractivity contribution in [3.05, 3.63) is 49.1 Å². The highest BCUT2D eigenvalue weighted by atomic mass is 35.5.